The molecule has 4 heteroatoms. The number of anilines is 1. The number of para-hydroxylation sites is 1. The maximum absolute atomic E-state index is 12.4. The number of nitrogens with one attached hydrogen (secondary N) is 1. The van der Waals surface area contributed by atoms with Crippen LogP contribution in [0.15, 0.2) is 66.3 Å². The van der Waals surface area contributed by atoms with Crippen molar-refractivity contribution in [3.63, 3.8) is 0 Å². The van der Waals surface area contributed by atoms with Crippen LogP contribution in [0, 0.1) is 6.92 Å². The molecular formula is C18H18N2OS. The Bertz CT molecular complexity index is 698. The second kappa shape index (κ2) is 6.62. The molecule has 0 aliphatic carbocycles. The molecule has 0 fully saturated rings. The average Bonchev–Trinajstić information content (AvgIpc) is 3.21. The highest BCUT2D eigenvalue weighted by molar-refractivity contribution is 7.10. The van der Waals surface area contributed by atoms with E-state index in [1.807, 2.05) is 67.2 Å². The van der Waals surface area contributed by atoms with Crippen LogP contribution in [-0.2, 0) is 4.79 Å². The molecule has 2 aromatic heterocycles. The number of rotatable bonds is 5. The molecule has 1 amide bonds. The Hall–Kier alpha value is -2.33. The fourth-order valence-corrected chi connectivity index (χ4v) is 3.31. The molecular weight excluding hydrogens is 292 g/mol. The summed E-state index contributed by atoms with van der Waals surface area (Å²) in [7, 11) is 0. The van der Waals surface area contributed by atoms with Gasteiger partial charge >= 0.3 is 0 Å². The number of aryl methyl sites for hydroxylation is 1. The molecule has 1 N–H and O–H groups in total. The smallest absolute Gasteiger partial charge is 0.226 e. The van der Waals surface area contributed by atoms with E-state index in [9.17, 15) is 4.79 Å². The van der Waals surface area contributed by atoms with E-state index < -0.39 is 0 Å². The lowest BCUT2D eigenvalue weighted by atomic mass is 10.1. The van der Waals surface area contributed by atoms with Gasteiger partial charge in [0, 0.05) is 23.0 Å². The third-order valence-electron chi connectivity index (χ3n) is 3.66. The fourth-order valence-electron chi connectivity index (χ4n) is 2.48. The zero-order valence-electron chi connectivity index (χ0n) is 12.4. The topological polar surface area (TPSA) is 34.0 Å². The molecule has 22 heavy (non-hydrogen) atoms. The van der Waals surface area contributed by atoms with Crippen LogP contribution in [0.4, 0.5) is 5.69 Å². The highest BCUT2D eigenvalue weighted by atomic mass is 32.1. The molecule has 1 atom stereocenters. The van der Waals surface area contributed by atoms with Gasteiger partial charge in [-0.2, -0.15) is 0 Å². The van der Waals surface area contributed by atoms with Gasteiger partial charge in [-0.3, -0.25) is 4.79 Å². The van der Waals surface area contributed by atoms with E-state index in [0.717, 1.165) is 11.3 Å². The molecule has 3 rings (SSSR count). The van der Waals surface area contributed by atoms with Crippen LogP contribution in [0.3, 0.4) is 0 Å². The monoisotopic (exact) mass is 310 g/mol. The number of aromatic nitrogens is 1. The number of carbonyl (C=O) groups is 1. The first-order valence-electron chi connectivity index (χ1n) is 7.25. The van der Waals surface area contributed by atoms with E-state index in [4.69, 9.17) is 0 Å². The number of hydrogen-bond acceptors (Lipinski definition) is 2. The standard InChI is InChI=1S/C18H18N2OS/c1-14-7-2-3-8-15(14)19-18(21)13-16(17-9-6-12-22-17)20-10-4-5-11-20/h2-12,16H,13H2,1H3,(H,19,21). The largest absolute Gasteiger partial charge is 0.346 e. The zero-order chi connectivity index (χ0) is 15.4. The molecule has 0 saturated heterocycles. The molecule has 2 heterocycles. The Balaban J connectivity index is 1.77. The molecule has 3 nitrogen and oxygen atoms in total. The minimum absolute atomic E-state index is 0.0291. The van der Waals surface area contributed by atoms with Gasteiger partial charge in [-0.15, -0.1) is 11.3 Å². The molecule has 3 aromatic rings. The quantitative estimate of drug-likeness (QED) is 0.741. The second-order valence-electron chi connectivity index (χ2n) is 5.23. The maximum atomic E-state index is 12.4. The number of hydrogen-bond donors (Lipinski definition) is 1. The molecule has 0 spiro atoms. The summed E-state index contributed by atoms with van der Waals surface area (Å²) >= 11 is 1.68. The van der Waals surface area contributed by atoms with Gasteiger partial charge in [0.1, 0.15) is 0 Å². The Morgan fingerprint density at radius 3 is 2.59 bits per heavy atom. The van der Waals surface area contributed by atoms with Gasteiger partial charge in [-0.05, 0) is 42.1 Å². The number of benzene rings is 1. The normalized spacial score (nSPS) is 12.0. The van der Waals surface area contributed by atoms with Crippen LogP contribution in [0.2, 0.25) is 0 Å². The predicted octanol–water partition coefficient (Wildman–Crippen LogP) is 4.48. The first-order chi connectivity index (χ1) is 10.7. The Labute approximate surface area is 134 Å². The number of nitrogens with zero attached hydrogens (tertiary/aromatic N) is 1. The van der Waals surface area contributed by atoms with Gasteiger partial charge in [0.05, 0.1) is 12.5 Å². The highest BCUT2D eigenvalue weighted by Gasteiger charge is 2.18. The van der Waals surface area contributed by atoms with Crippen molar-refractivity contribution >= 4 is 22.9 Å². The van der Waals surface area contributed by atoms with Crippen LogP contribution >= 0.6 is 11.3 Å². The molecule has 1 aromatic carbocycles. The second-order valence-corrected chi connectivity index (χ2v) is 6.21. The Kier molecular flexibility index (Phi) is 4.39. The van der Waals surface area contributed by atoms with Crippen LogP contribution < -0.4 is 5.32 Å². The van der Waals surface area contributed by atoms with Crippen molar-refractivity contribution in [2.45, 2.75) is 19.4 Å². The molecule has 0 radical (unpaired) electrons. The van der Waals surface area contributed by atoms with Crippen LogP contribution in [0.1, 0.15) is 22.9 Å². The molecule has 1 unspecified atom stereocenters. The summed E-state index contributed by atoms with van der Waals surface area (Å²) in [6, 6.07) is 16.0. The van der Waals surface area contributed by atoms with Gasteiger partial charge in [0.25, 0.3) is 0 Å². The van der Waals surface area contributed by atoms with Crippen molar-refractivity contribution in [1.82, 2.24) is 4.57 Å². The van der Waals surface area contributed by atoms with Gasteiger partial charge in [-0.25, -0.2) is 0 Å². The minimum atomic E-state index is 0.0291. The summed E-state index contributed by atoms with van der Waals surface area (Å²) in [6.45, 7) is 2.00. The van der Waals surface area contributed by atoms with E-state index in [2.05, 4.69) is 16.0 Å². The third-order valence-corrected chi connectivity index (χ3v) is 4.63. The minimum Gasteiger partial charge on any atom is -0.346 e. The average molecular weight is 310 g/mol. The van der Waals surface area contributed by atoms with Crippen molar-refractivity contribution < 1.29 is 4.79 Å². The molecule has 0 saturated carbocycles. The molecule has 112 valence electrons. The van der Waals surface area contributed by atoms with Crippen LogP contribution in [0.25, 0.3) is 0 Å². The van der Waals surface area contributed by atoms with Crippen LogP contribution in [-0.4, -0.2) is 10.5 Å². The number of carbonyl (C=O) groups excluding carboxylic acids is 1. The van der Waals surface area contributed by atoms with Crippen molar-refractivity contribution in [3.8, 4) is 0 Å². The summed E-state index contributed by atoms with van der Waals surface area (Å²) in [4.78, 5) is 13.6. The predicted molar refractivity (Wildman–Crippen MR) is 91.3 cm³/mol. The van der Waals surface area contributed by atoms with Crippen molar-refractivity contribution in [1.29, 1.82) is 0 Å². The fraction of sp³-hybridized carbons (Fsp3) is 0.167. The van der Waals surface area contributed by atoms with E-state index in [1.54, 1.807) is 11.3 Å². The highest BCUT2D eigenvalue weighted by Crippen LogP contribution is 2.27. The maximum Gasteiger partial charge on any atom is 0.226 e. The van der Waals surface area contributed by atoms with Crippen molar-refractivity contribution in [2.24, 2.45) is 0 Å². The summed E-state index contributed by atoms with van der Waals surface area (Å²) in [5, 5.41) is 5.06. The lowest BCUT2D eigenvalue weighted by molar-refractivity contribution is -0.116. The van der Waals surface area contributed by atoms with Gasteiger partial charge < -0.3 is 9.88 Å². The van der Waals surface area contributed by atoms with Gasteiger partial charge in [-0.1, -0.05) is 24.3 Å². The number of amides is 1. The summed E-state index contributed by atoms with van der Waals surface area (Å²) < 4.78 is 2.09. The van der Waals surface area contributed by atoms with Gasteiger partial charge in [0.15, 0.2) is 0 Å². The summed E-state index contributed by atoms with van der Waals surface area (Å²) in [6.07, 6.45) is 4.43. The Morgan fingerprint density at radius 2 is 1.91 bits per heavy atom. The Morgan fingerprint density at radius 1 is 1.14 bits per heavy atom. The zero-order valence-corrected chi connectivity index (χ0v) is 13.2. The summed E-state index contributed by atoms with van der Waals surface area (Å²) in [5.41, 5.74) is 1.95. The van der Waals surface area contributed by atoms with Gasteiger partial charge in [0.2, 0.25) is 5.91 Å². The SMILES string of the molecule is Cc1ccccc1NC(=O)CC(c1cccs1)n1cccc1. The van der Waals surface area contributed by atoms with Crippen molar-refractivity contribution in [3.05, 3.63) is 76.7 Å². The molecule has 0 aliphatic rings. The lowest BCUT2D eigenvalue weighted by Crippen LogP contribution is -2.19. The first kappa shape index (κ1) is 14.6. The number of thiophene rings is 1. The third kappa shape index (κ3) is 3.28. The van der Waals surface area contributed by atoms with E-state index in [1.165, 1.54) is 4.88 Å². The van der Waals surface area contributed by atoms with E-state index in [0.29, 0.717) is 6.42 Å². The van der Waals surface area contributed by atoms with E-state index in [-0.39, 0.29) is 11.9 Å². The van der Waals surface area contributed by atoms with E-state index >= 15 is 0 Å². The van der Waals surface area contributed by atoms with Crippen LogP contribution in [0.5, 0.6) is 0 Å². The summed E-state index contributed by atoms with van der Waals surface area (Å²) in [5.74, 6) is 0.0291. The lowest BCUT2D eigenvalue weighted by Gasteiger charge is -2.18. The molecule has 0 aliphatic heterocycles. The molecule has 0 bridgehead atoms. The first-order valence-corrected chi connectivity index (χ1v) is 8.13. The van der Waals surface area contributed by atoms with Crippen molar-refractivity contribution in [2.75, 3.05) is 5.32 Å².